The Morgan fingerprint density at radius 1 is 1.00 bits per heavy atom. The van der Waals surface area contributed by atoms with Gasteiger partial charge in [0.05, 0.1) is 24.9 Å². The van der Waals surface area contributed by atoms with E-state index in [4.69, 9.17) is 4.42 Å². The predicted molar refractivity (Wildman–Crippen MR) is 87.1 cm³/mol. The number of urea groups is 1. The van der Waals surface area contributed by atoms with E-state index in [1.165, 1.54) is 18.4 Å². The van der Waals surface area contributed by atoms with E-state index in [1.807, 2.05) is 0 Å². The standard InChI is InChI=1S/C17H18F3N3O3/c18-17(19,20)13-5-3-12(4-6-13)7-8-21-16(25)23-11-15(24)22-10-14-2-1-9-26-14/h1-6,9H,7-8,10-11H2,(H,22,24)(H2,21,23,25). The van der Waals surface area contributed by atoms with Crippen LogP contribution >= 0.6 is 0 Å². The van der Waals surface area contributed by atoms with E-state index < -0.39 is 17.8 Å². The number of hydrogen-bond donors (Lipinski definition) is 3. The molecule has 2 rings (SSSR count). The zero-order chi connectivity index (χ0) is 19.0. The second-order valence-electron chi connectivity index (χ2n) is 5.41. The SMILES string of the molecule is O=C(CNC(=O)NCCc1ccc(C(F)(F)F)cc1)NCc1ccco1. The Labute approximate surface area is 147 Å². The molecule has 0 aliphatic carbocycles. The molecule has 26 heavy (non-hydrogen) atoms. The lowest BCUT2D eigenvalue weighted by Gasteiger charge is -2.09. The summed E-state index contributed by atoms with van der Waals surface area (Å²) < 4.78 is 42.4. The molecule has 6 nitrogen and oxygen atoms in total. The first-order valence-corrected chi connectivity index (χ1v) is 7.81. The molecule has 0 atom stereocenters. The van der Waals surface area contributed by atoms with Crippen LogP contribution in [0.15, 0.2) is 47.1 Å². The summed E-state index contributed by atoms with van der Waals surface area (Å²) in [6, 6.07) is 7.60. The maximum absolute atomic E-state index is 12.5. The van der Waals surface area contributed by atoms with E-state index in [9.17, 15) is 22.8 Å². The average molecular weight is 369 g/mol. The Morgan fingerprint density at radius 2 is 1.73 bits per heavy atom. The van der Waals surface area contributed by atoms with E-state index >= 15 is 0 Å². The third kappa shape index (κ3) is 6.50. The van der Waals surface area contributed by atoms with E-state index in [2.05, 4.69) is 16.0 Å². The van der Waals surface area contributed by atoms with Gasteiger partial charge in [-0.1, -0.05) is 12.1 Å². The first-order chi connectivity index (χ1) is 12.3. The lowest BCUT2D eigenvalue weighted by Crippen LogP contribution is -2.42. The first-order valence-electron chi connectivity index (χ1n) is 7.81. The molecular formula is C17H18F3N3O3. The number of furan rings is 1. The van der Waals surface area contributed by atoms with Crippen molar-refractivity contribution in [2.45, 2.75) is 19.1 Å². The molecule has 0 bridgehead atoms. The van der Waals surface area contributed by atoms with Crippen molar-refractivity contribution in [3.05, 3.63) is 59.5 Å². The molecule has 1 aromatic heterocycles. The van der Waals surface area contributed by atoms with Crippen molar-refractivity contribution < 1.29 is 27.2 Å². The molecule has 0 unspecified atom stereocenters. The van der Waals surface area contributed by atoms with Gasteiger partial charge in [0, 0.05) is 6.54 Å². The van der Waals surface area contributed by atoms with Gasteiger partial charge in [0.2, 0.25) is 5.91 Å². The maximum atomic E-state index is 12.5. The molecular weight excluding hydrogens is 351 g/mol. The zero-order valence-corrected chi connectivity index (χ0v) is 13.7. The summed E-state index contributed by atoms with van der Waals surface area (Å²) in [6.07, 6.45) is -2.51. The van der Waals surface area contributed by atoms with Gasteiger partial charge in [0.15, 0.2) is 0 Å². The molecule has 9 heteroatoms. The van der Waals surface area contributed by atoms with Gasteiger partial charge in [-0.15, -0.1) is 0 Å². The Hall–Kier alpha value is -2.97. The third-order valence-electron chi connectivity index (χ3n) is 3.43. The van der Waals surface area contributed by atoms with Crippen molar-refractivity contribution in [3.63, 3.8) is 0 Å². The number of carbonyl (C=O) groups is 2. The Kier molecular flexibility index (Phi) is 6.65. The quantitative estimate of drug-likeness (QED) is 0.701. The summed E-state index contributed by atoms with van der Waals surface area (Å²) in [5.74, 6) is 0.221. The predicted octanol–water partition coefficient (Wildman–Crippen LogP) is 2.46. The van der Waals surface area contributed by atoms with E-state index in [-0.39, 0.29) is 25.5 Å². The van der Waals surface area contributed by atoms with E-state index in [0.717, 1.165) is 12.1 Å². The van der Waals surface area contributed by atoms with Crippen LogP contribution in [0.2, 0.25) is 0 Å². The average Bonchev–Trinajstić information content (AvgIpc) is 3.11. The van der Waals surface area contributed by atoms with E-state index in [1.54, 1.807) is 12.1 Å². The Balaban J connectivity index is 1.62. The van der Waals surface area contributed by atoms with Gasteiger partial charge < -0.3 is 20.4 Å². The molecule has 3 amide bonds. The second kappa shape index (κ2) is 8.93. The highest BCUT2D eigenvalue weighted by Gasteiger charge is 2.29. The molecule has 0 saturated heterocycles. The fourth-order valence-electron chi connectivity index (χ4n) is 2.07. The number of halogens is 3. The summed E-state index contributed by atoms with van der Waals surface area (Å²) in [6.45, 7) is 0.251. The highest BCUT2D eigenvalue weighted by Crippen LogP contribution is 2.29. The minimum atomic E-state index is -4.37. The van der Waals surface area contributed by atoms with Crippen molar-refractivity contribution in [2.75, 3.05) is 13.1 Å². The van der Waals surface area contributed by atoms with Gasteiger partial charge in [-0.2, -0.15) is 13.2 Å². The van der Waals surface area contributed by atoms with Crippen LogP contribution in [0.4, 0.5) is 18.0 Å². The van der Waals surface area contributed by atoms with Crippen molar-refractivity contribution in [1.82, 2.24) is 16.0 Å². The number of carbonyl (C=O) groups excluding carboxylic acids is 2. The smallest absolute Gasteiger partial charge is 0.416 e. The molecule has 0 fully saturated rings. The molecule has 0 radical (unpaired) electrons. The van der Waals surface area contributed by atoms with Gasteiger partial charge in [-0.25, -0.2) is 4.79 Å². The van der Waals surface area contributed by atoms with E-state index in [0.29, 0.717) is 17.7 Å². The topological polar surface area (TPSA) is 83.4 Å². The Morgan fingerprint density at radius 3 is 2.35 bits per heavy atom. The van der Waals surface area contributed by atoms with Gasteiger partial charge in [0.25, 0.3) is 0 Å². The summed E-state index contributed by atoms with van der Waals surface area (Å²) >= 11 is 0. The van der Waals surface area contributed by atoms with Gasteiger partial charge in [-0.05, 0) is 36.2 Å². The minimum absolute atomic E-state index is 0.202. The fraction of sp³-hybridized carbons (Fsp3) is 0.294. The second-order valence-corrected chi connectivity index (χ2v) is 5.41. The molecule has 2 aromatic rings. The van der Waals surface area contributed by atoms with Crippen LogP contribution in [0.5, 0.6) is 0 Å². The van der Waals surface area contributed by atoms with Gasteiger partial charge in [-0.3, -0.25) is 4.79 Å². The first kappa shape index (κ1) is 19.4. The monoisotopic (exact) mass is 369 g/mol. The van der Waals surface area contributed by atoms with Crippen molar-refractivity contribution in [2.24, 2.45) is 0 Å². The summed E-state index contributed by atoms with van der Waals surface area (Å²) in [5.41, 5.74) is -0.0537. The largest absolute Gasteiger partial charge is 0.467 e. The van der Waals surface area contributed by atoms with Crippen molar-refractivity contribution in [3.8, 4) is 0 Å². The summed E-state index contributed by atoms with van der Waals surface area (Å²) in [4.78, 5) is 23.2. The van der Waals surface area contributed by atoms with Crippen LogP contribution in [-0.2, 0) is 23.9 Å². The molecule has 0 aliphatic rings. The summed E-state index contributed by atoms with van der Waals surface area (Å²) in [7, 11) is 0. The number of rotatable bonds is 7. The number of alkyl halides is 3. The van der Waals surface area contributed by atoms with Crippen LogP contribution < -0.4 is 16.0 Å². The molecule has 0 spiro atoms. The number of nitrogens with one attached hydrogen (secondary N) is 3. The Bertz CT molecular complexity index is 713. The minimum Gasteiger partial charge on any atom is -0.467 e. The van der Waals surface area contributed by atoms with Crippen molar-refractivity contribution >= 4 is 11.9 Å². The molecule has 0 saturated carbocycles. The lowest BCUT2D eigenvalue weighted by molar-refractivity contribution is -0.137. The molecule has 0 aliphatic heterocycles. The normalized spacial score (nSPS) is 11.0. The highest BCUT2D eigenvalue weighted by molar-refractivity contribution is 5.83. The van der Waals surface area contributed by atoms with Gasteiger partial charge >= 0.3 is 12.2 Å². The fourth-order valence-corrected chi connectivity index (χ4v) is 2.07. The number of amides is 3. The lowest BCUT2D eigenvalue weighted by atomic mass is 10.1. The van der Waals surface area contributed by atoms with Crippen LogP contribution in [0.1, 0.15) is 16.9 Å². The molecule has 1 aromatic carbocycles. The van der Waals surface area contributed by atoms with Crippen LogP contribution in [-0.4, -0.2) is 25.0 Å². The van der Waals surface area contributed by atoms with Crippen LogP contribution in [0.25, 0.3) is 0 Å². The van der Waals surface area contributed by atoms with Crippen molar-refractivity contribution in [1.29, 1.82) is 0 Å². The van der Waals surface area contributed by atoms with Gasteiger partial charge in [0.1, 0.15) is 5.76 Å². The summed E-state index contributed by atoms with van der Waals surface area (Å²) in [5, 5.41) is 7.49. The maximum Gasteiger partial charge on any atom is 0.416 e. The zero-order valence-electron chi connectivity index (χ0n) is 13.7. The van der Waals surface area contributed by atoms with Crippen LogP contribution in [0, 0.1) is 0 Å². The molecule has 3 N–H and O–H groups in total. The number of hydrogen-bond acceptors (Lipinski definition) is 3. The molecule has 1 heterocycles. The highest BCUT2D eigenvalue weighted by atomic mass is 19.4. The molecule has 140 valence electrons. The number of benzene rings is 1. The van der Waals surface area contributed by atoms with Crippen LogP contribution in [0.3, 0.4) is 0 Å². The third-order valence-corrected chi connectivity index (χ3v) is 3.43.